The second kappa shape index (κ2) is 7.56. The van der Waals surface area contributed by atoms with Crippen LogP contribution in [-0.2, 0) is 4.74 Å². The molecule has 0 spiro atoms. The summed E-state index contributed by atoms with van der Waals surface area (Å²) in [6.45, 7) is -0.518. The molecule has 0 aliphatic rings. The molecule has 0 fully saturated rings. The standard InChI is InChI=1S/C16H12ClNO6/c1-23-15-5-3-2-4-11(15)14(19)9-24-16(20)10-6-7-12(17)13(8-10)18(21)22/h2-8H,9H2,1H3. The average Bonchev–Trinajstić information content (AvgIpc) is 2.59. The van der Waals surface area contributed by atoms with Crippen LogP contribution in [0.1, 0.15) is 20.7 Å². The van der Waals surface area contributed by atoms with Crippen LogP contribution in [0.3, 0.4) is 0 Å². The summed E-state index contributed by atoms with van der Waals surface area (Å²) in [4.78, 5) is 34.2. The summed E-state index contributed by atoms with van der Waals surface area (Å²) in [5, 5.41) is 10.7. The first-order chi connectivity index (χ1) is 11.4. The summed E-state index contributed by atoms with van der Waals surface area (Å²) < 4.78 is 9.97. The number of esters is 1. The first-order valence-electron chi connectivity index (χ1n) is 6.71. The number of benzene rings is 2. The number of ether oxygens (including phenoxy) is 2. The van der Waals surface area contributed by atoms with Crippen molar-refractivity contribution in [3.8, 4) is 5.75 Å². The number of methoxy groups -OCH3 is 1. The highest BCUT2D eigenvalue weighted by atomic mass is 35.5. The van der Waals surface area contributed by atoms with Crippen molar-refractivity contribution in [1.29, 1.82) is 0 Å². The Morgan fingerprint density at radius 2 is 1.92 bits per heavy atom. The van der Waals surface area contributed by atoms with Gasteiger partial charge in [0, 0.05) is 6.07 Å². The molecule has 0 atom stereocenters. The molecule has 24 heavy (non-hydrogen) atoms. The van der Waals surface area contributed by atoms with Crippen LogP contribution in [-0.4, -0.2) is 30.4 Å². The number of carbonyl (C=O) groups excluding carboxylic acids is 2. The van der Waals surface area contributed by atoms with E-state index in [2.05, 4.69) is 0 Å². The van der Waals surface area contributed by atoms with Gasteiger partial charge in [-0.2, -0.15) is 0 Å². The second-order valence-electron chi connectivity index (χ2n) is 4.62. The van der Waals surface area contributed by atoms with Crippen LogP contribution in [0.15, 0.2) is 42.5 Å². The van der Waals surface area contributed by atoms with Crippen molar-refractivity contribution >= 4 is 29.0 Å². The molecule has 2 rings (SSSR count). The number of carbonyl (C=O) groups is 2. The van der Waals surface area contributed by atoms with Gasteiger partial charge in [0.2, 0.25) is 5.78 Å². The molecule has 0 saturated carbocycles. The lowest BCUT2D eigenvalue weighted by molar-refractivity contribution is -0.384. The molecule has 0 aliphatic carbocycles. The number of nitrogens with zero attached hydrogens (tertiary/aromatic N) is 1. The van der Waals surface area contributed by atoms with Crippen molar-refractivity contribution in [2.45, 2.75) is 0 Å². The predicted octanol–water partition coefficient (Wildman–Crippen LogP) is 3.30. The van der Waals surface area contributed by atoms with Gasteiger partial charge in [-0.05, 0) is 24.3 Å². The second-order valence-corrected chi connectivity index (χ2v) is 5.03. The predicted molar refractivity (Wildman–Crippen MR) is 85.7 cm³/mol. The highest BCUT2D eigenvalue weighted by molar-refractivity contribution is 6.32. The first-order valence-corrected chi connectivity index (χ1v) is 7.09. The highest BCUT2D eigenvalue weighted by Gasteiger charge is 2.19. The molecule has 0 amide bonds. The van der Waals surface area contributed by atoms with E-state index in [1.165, 1.54) is 19.2 Å². The van der Waals surface area contributed by atoms with E-state index in [9.17, 15) is 19.7 Å². The van der Waals surface area contributed by atoms with Gasteiger partial charge in [0.1, 0.15) is 10.8 Å². The molecule has 8 heteroatoms. The third kappa shape index (κ3) is 3.88. The van der Waals surface area contributed by atoms with Crippen molar-refractivity contribution in [2.75, 3.05) is 13.7 Å². The summed E-state index contributed by atoms with van der Waals surface area (Å²) in [5.74, 6) is -0.956. The average molecular weight is 350 g/mol. The topological polar surface area (TPSA) is 95.7 Å². The summed E-state index contributed by atoms with van der Waals surface area (Å²) >= 11 is 5.68. The van der Waals surface area contributed by atoms with Crippen LogP contribution in [0, 0.1) is 10.1 Å². The van der Waals surface area contributed by atoms with Gasteiger partial charge in [0.05, 0.1) is 23.2 Å². The molecule has 0 heterocycles. The fourth-order valence-electron chi connectivity index (χ4n) is 1.95. The summed E-state index contributed by atoms with van der Waals surface area (Å²) in [6, 6.07) is 10.0. The number of halogens is 1. The van der Waals surface area contributed by atoms with Gasteiger partial charge in [-0.25, -0.2) is 4.79 Å². The third-order valence-corrected chi connectivity index (χ3v) is 3.44. The van der Waals surface area contributed by atoms with Gasteiger partial charge in [0.15, 0.2) is 6.61 Å². The maximum atomic E-state index is 12.1. The molecule has 0 saturated heterocycles. The largest absolute Gasteiger partial charge is 0.496 e. The van der Waals surface area contributed by atoms with Crippen LogP contribution in [0.5, 0.6) is 5.75 Å². The van der Waals surface area contributed by atoms with Crippen LogP contribution in [0.2, 0.25) is 5.02 Å². The van der Waals surface area contributed by atoms with Crippen LogP contribution < -0.4 is 4.74 Å². The fraction of sp³-hybridized carbons (Fsp3) is 0.125. The van der Waals surface area contributed by atoms with E-state index < -0.39 is 29.0 Å². The lowest BCUT2D eigenvalue weighted by atomic mass is 10.1. The fourth-order valence-corrected chi connectivity index (χ4v) is 2.13. The molecule has 0 aromatic heterocycles. The molecule has 0 aliphatic heterocycles. The van der Waals surface area contributed by atoms with E-state index in [-0.39, 0.29) is 16.1 Å². The van der Waals surface area contributed by atoms with Gasteiger partial charge in [-0.3, -0.25) is 14.9 Å². The quantitative estimate of drug-likeness (QED) is 0.343. The minimum absolute atomic E-state index is 0.0704. The van der Waals surface area contributed by atoms with Gasteiger partial charge in [-0.15, -0.1) is 0 Å². The van der Waals surface area contributed by atoms with E-state index >= 15 is 0 Å². The Morgan fingerprint density at radius 1 is 1.21 bits per heavy atom. The molecular weight excluding hydrogens is 338 g/mol. The maximum Gasteiger partial charge on any atom is 0.338 e. The monoisotopic (exact) mass is 349 g/mol. The third-order valence-electron chi connectivity index (χ3n) is 3.12. The Labute approximate surface area is 141 Å². The number of nitro groups is 1. The first kappa shape index (κ1) is 17.4. The summed E-state index contributed by atoms with van der Waals surface area (Å²) in [7, 11) is 1.42. The van der Waals surface area contributed by atoms with Gasteiger partial charge in [0.25, 0.3) is 5.69 Å². The van der Waals surface area contributed by atoms with Crippen LogP contribution >= 0.6 is 11.6 Å². The number of para-hydroxylation sites is 1. The molecule has 2 aromatic carbocycles. The van der Waals surface area contributed by atoms with Crippen molar-refractivity contribution in [3.05, 3.63) is 68.7 Å². The number of ketones is 1. The lowest BCUT2D eigenvalue weighted by Crippen LogP contribution is -2.15. The molecule has 0 N–H and O–H groups in total. The Hall–Kier alpha value is -2.93. The van der Waals surface area contributed by atoms with E-state index in [1.807, 2.05) is 0 Å². The van der Waals surface area contributed by atoms with E-state index in [1.54, 1.807) is 24.3 Å². The van der Waals surface area contributed by atoms with E-state index in [4.69, 9.17) is 21.1 Å². The lowest BCUT2D eigenvalue weighted by Gasteiger charge is -2.08. The van der Waals surface area contributed by atoms with E-state index in [0.29, 0.717) is 5.75 Å². The zero-order valence-corrected chi connectivity index (χ0v) is 13.3. The van der Waals surface area contributed by atoms with Crippen LogP contribution in [0.4, 0.5) is 5.69 Å². The maximum absolute atomic E-state index is 12.1. The molecular formula is C16H12ClNO6. The van der Waals surface area contributed by atoms with Crippen molar-refractivity contribution in [2.24, 2.45) is 0 Å². The van der Waals surface area contributed by atoms with Gasteiger partial charge < -0.3 is 9.47 Å². The number of hydrogen-bond acceptors (Lipinski definition) is 6. The number of Topliss-reactive ketones (excluding diaryl/α,β-unsaturated/α-hetero) is 1. The molecule has 124 valence electrons. The van der Waals surface area contributed by atoms with Gasteiger partial charge in [-0.1, -0.05) is 23.7 Å². The normalized spacial score (nSPS) is 10.1. The molecule has 0 bridgehead atoms. The SMILES string of the molecule is COc1ccccc1C(=O)COC(=O)c1ccc(Cl)c([N+](=O)[O-])c1. The number of nitro benzene ring substituents is 1. The summed E-state index contributed by atoms with van der Waals surface area (Å²) in [5.41, 5.74) is -0.212. The Bertz CT molecular complexity index is 805. The zero-order valence-electron chi connectivity index (χ0n) is 12.5. The smallest absolute Gasteiger partial charge is 0.338 e. The molecule has 7 nitrogen and oxygen atoms in total. The Morgan fingerprint density at radius 3 is 2.58 bits per heavy atom. The van der Waals surface area contributed by atoms with Crippen molar-refractivity contribution < 1.29 is 24.0 Å². The number of rotatable bonds is 6. The Balaban J connectivity index is 2.09. The minimum atomic E-state index is -0.863. The Kier molecular flexibility index (Phi) is 5.49. The number of hydrogen-bond donors (Lipinski definition) is 0. The molecule has 2 aromatic rings. The van der Waals surface area contributed by atoms with Crippen LogP contribution in [0.25, 0.3) is 0 Å². The molecule has 0 unspecified atom stereocenters. The van der Waals surface area contributed by atoms with E-state index in [0.717, 1.165) is 6.07 Å². The minimum Gasteiger partial charge on any atom is -0.496 e. The highest BCUT2D eigenvalue weighted by Crippen LogP contribution is 2.25. The molecule has 0 radical (unpaired) electrons. The van der Waals surface area contributed by atoms with Crippen molar-refractivity contribution in [1.82, 2.24) is 0 Å². The zero-order chi connectivity index (χ0) is 17.7. The van der Waals surface area contributed by atoms with Crippen molar-refractivity contribution in [3.63, 3.8) is 0 Å². The van der Waals surface area contributed by atoms with Gasteiger partial charge >= 0.3 is 5.97 Å². The summed E-state index contributed by atoms with van der Waals surface area (Å²) in [6.07, 6.45) is 0.